The maximum absolute atomic E-state index is 12.4. The second kappa shape index (κ2) is 8.05. The van der Waals surface area contributed by atoms with E-state index >= 15 is 0 Å². The summed E-state index contributed by atoms with van der Waals surface area (Å²) < 4.78 is 5.12. The molecular formula is C20H19ClN4O2. The number of benzene rings is 2. The van der Waals surface area contributed by atoms with Crippen molar-refractivity contribution in [2.75, 3.05) is 17.7 Å². The standard InChI is InChI=1S/C20H19ClN4O2/c1-12-4-5-13(2)16(8-12)25-20(26)17-10-23-19(11-22-17)24-14-6-7-18(27-3)15(21)9-14/h4-11H,1-3H3,(H,23,24)(H,25,26). The normalized spacial score (nSPS) is 10.4. The van der Waals surface area contributed by atoms with Crippen LogP contribution in [0.4, 0.5) is 17.2 Å². The highest BCUT2D eigenvalue weighted by atomic mass is 35.5. The first-order chi connectivity index (χ1) is 13.0. The van der Waals surface area contributed by atoms with Crippen LogP contribution >= 0.6 is 11.6 Å². The van der Waals surface area contributed by atoms with Crippen LogP contribution in [0.3, 0.4) is 0 Å². The van der Waals surface area contributed by atoms with E-state index in [1.807, 2.05) is 38.1 Å². The number of nitrogens with one attached hydrogen (secondary N) is 2. The second-order valence-corrected chi connectivity index (χ2v) is 6.44. The molecule has 1 heterocycles. The highest BCUT2D eigenvalue weighted by Crippen LogP contribution is 2.28. The lowest BCUT2D eigenvalue weighted by Gasteiger charge is -2.10. The molecule has 0 aliphatic rings. The number of carbonyl (C=O) groups is 1. The van der Waals surface area contributed by atoms with E-state index in [4.69, 9.17) is 16.3 Å². The van der Waals surface area contributed by atoms with Gasteiger partial charge in [0.25, 0.3) is 5.91 Å². The number of halogens is 1. The summed E-state index contributed by atoms with van der Waals surface area (Å²) in [6.07, 6.45) is 2.92. The van der Waals surface area contributed by atoms with Gasteiger partial charge >= 0.3 is 0 Å². The lowest BCUT2D eigenvalue weighted by Crippen LogP contribution is -2.15. The fourth-order valence-corrected chi connectivity index (χ4v) is 2.72. The van der Waals surface area contributed by atoms with Gasteiger partial charge in [-0.2, -0.15) is 0 Å². The Balaban J connectivity index is 1.70. The van der Waals surface area contributed by atoms with Gasteiger partial charge in [-0.1, -0.05) is 23.7 Å². The first-order valence-corrected chi connectivity index (χ1v) is 8.65. The van der Waals surface area contributed by atoms with E-state index in [9.17, 15) is 4.79 Å². The van der Waals surface area contributed by atoms with Gasteiger partial charge in [0.15, 0.2) is 0 Å². The van der Waals surface area contributed by atoms with Crippen LogP contribution in [0.25, 0.3) is 0 Å². The molecule has 0 radical (unpaired) electrons. The second-order valence-electron chi connectivity index (χ2n) is 6.03. The first-order valence-electron chi connectivity index (χ1n) is 8.27. The highest BCUT2D eigenvalue weighted by Gasteiger charge is 2.10. The van der Waals surface area contributed by atoms with E-state index in [1.54, 1.807) is 19.2 Å². The molecule has 6 nitrogen and oxygen atoms in total. The molecule has 0 atom stereocenters. The van der Waals surface area contributed by atoms with E-state index < -0.39 is 0 Å². The number of ether oxygens (including phenoxy) is 1. The fourth-order valence-electron chi connectivity index (χ4n) is 2.46. The smallest absolute Gasteiger partial charge is 0.275 e. The van der Waals surface area contributed by atoms with Crippen molar-refractivity contribution in [3.63, 3.8) is 0 Å². The van der Waals surface area contributed by atoms with Crippen LogP contribution < -0.4 is 15.4 Å². The summed E-state index contributed by atoms with van der Waals surface area (Å²) in [5.41, 5.74) is 3.78. The third-order valence-corrected chi connectivity index (χ3v) is 4.25. The van der Waals surface area contributed by atoms with Gasteiger partial charge in [-0.25, -0.2) is 9.97 Å². The van der Waals surface area contributed by atoms with Crippen LogP contribution in [0, 0.1) is 13.8 Å². The van der Waals surface area contributed by atoms with E-state index in [-0.39, 0.29) is 11.6 Å². The maximum atomic E-state index is 12.4. The minimum Gasteiger partial charge on any atom is -0.495 e. The predicted octanol–water partition coefficient (Wildman–Crippen LogP) is 4.75. The maximum Gasteiger partial charge on any atom is 0.275 e. The predicted molar refractivity (Wildman–Crippen MR) is 107 cm³/mol. The number of methoxy groups -OCH3 is 1. The van der Waals surface area contributed by atoms with Crippen LogP contribution in [0.1, 0.15) is 21.6 Å². The highest BCUT2D eigenvalue weighted by molar-refractivity contribution is 6.32. The zero-order valence-corrected chi connectivity index (χ0v) is 16.0. The van der Waals surface area contributed by atoms with Crippen molar-refractivity contribution >= 4 is 34.7 Å². The third kappa shape index (κ3) is 4.54. The zero-order chi connectivity index (χ0) is 19.4. The number of hydrogen-bond donors (Lipinski definition) is 2. The molecule has 3 rings (SSSR count). The lowest BCUT2D eigenvalue weighted by molar-refractivity contribution is 0.102. The van der Waals surface area contributed by atoms with E-state index in [0.717, 1.165) is 22.5 Å². The quantitative estimate of drug-likeness (QED) is 0.665. The van der Waals surface area contributed by atoms with Gasteiger partial charge in [-0.15, -0.1) is 0 Å². The summed E-state index contributed by atoms with van der Waals surface area (Å²) >= 11 is 6.11. The number of rotatable bonds is 5. The SMILES string of the molecule is COc1ccc(Nc2cnc(C(=O)Nc3cc(C)ccc3C)cn2)cc1Cl. The Morgan fingerprint density at radius 1 is 1.07 bits per heavy atom. The molecule has 27 heavy (non-hydrogen) atoms. The van der Waals surface area contributed by atoms with Crippen LogP contribution in [0.2, 0.25) is 5.02 Å². The number of aromatic nitrogens is 2. The third-order valence-electron chi connectivity index (χ3n) is 3.95. The monoisotopic (exact) mass is 382 g/mol. The number of carbonyl (C=O) groups excluding carboxylic acids is 1. The number of hydrogen-bond acceptors (Lipinski definition) is 5. The van der Waals surface area contributed by atoms with Crippen molar-refractivity contribution in [3.05, 3.63) is 70.6 Å². The Bertz CT molecular complexity index is 974. The van der Waals surface area contributed by atoms with Crippen LogP contribution in [0.5, 0.6) is 5.75 Å². The molecule has 2 aromatic carbocycles. The largest absolute Gasteiger partial charge is 0.495 e. The molecule has 1 amide bonds. The van der Waals surface area contributed by atoms with Crippen LogP contribution in [-0.2, 0) is 0 Å². The molecule has 0 bridgehead atoms. The van der Waals surface area contributed by atoms with Crippen molar-refractivity contribution in [2.24, 2.45) is 0 Å². The Kier molecular flexibility index (Phi) is 5.57. The summed E-state index contributed by atoms with van der Waals surface area (Å²) in [6, 6.07) is 11.2. The van der Waals surface area contributed by atoms with Crippen LogP contribution in [-0.4, -0.2) is 23.0 Å². The molecule has 7 heteroatoms. The molecular weight excluding hydrogens is 364 g/mol. The molecule has 138 valence electrons. The Morgan fingerprint density at radius 2 is 1.89 bits per heavy atom. The van der Waals surface area contributed by atoms with Crippen molar-refractivity contribution in [1.82, 2.24) is 9.97 Å². The molecule has 0 saturated carbocycles. The average Bonchev–Trinajstić information content (AvgIpc) is 2.65. The van der Waals surface area contributed by atoms with E-state index in [1.165, 1.54) is 12.4 Å². The van der Waals surface area contributed by atoms with E-state index in [2.05, 4.69) is 20.6 Å². The summed E-state index contributed by atoms with van der Waals surface area (Å²) in [7, 11) is 1.56. The number of aryl methyl sites for hydroxylation is 2. The summed E-state index contributed by atoms with van der Waals surface area (Å²) in [5.74, 6) is 0.779. The van der Waals surface area contributed by atoms with Gasteiger partial charge in [0, 0.05) is 11.4 Å². The first kappa shape index (κ1) is 18.7. The molecule has 3 aromatic rings. The van der Waals surface area contributed by atoms with Crippen LogP contribution in [0.15, 0.2) is 48.8 Å². The minimum atomic E-state index is -0.310. The number of amides is 1. The molecule has 0 saturated heterocycles. The van der Waals surface area contributed by atoms with Crippen molar-refractivity contribution in [3.8, 4) is 5.75 Å². The van der Waals surface area contributed by atoms with Gasteiger partial charge < -0.3 is 15.4 Å². The Morgan fingerprint density at radius 3 is 2.56 bits per heavy atom. The van der Waals surface area contributed by atoms with E-state index in [0.29, 0.717) is 16.6 Å². The number of anilines is 3. The van der Waals surface area contributed by atoms with Crippen molar-refractivity contribution in [2.45, 2.75) is 13.8 Å². The molecule has 0 spiro atoms. The van der Waals surface area contributed by atoms with Gasteiger partial charge in [0.2, 0.25) is 0 Å². The molecule has 0 unspecified atom stereocenters. The van der Waals surface area contributed by atoms with Gasteiger partial charge in [-0.3, -0.25) is 4.79 Å². The van der Waals surface area contributed by atoms with Crippen molar-refractivity contribution < 1.29 is 9.53 Å². The zero-order valence-electron chi connectivity index (χ0n) is 15.2. The molecule has 1 aromatic heterocycles. The topological polar surface area (TPSA) is 76.1 Å². The van der Waals surface area contributed by atoms with Gasteiger partial charge in [-0.05, 0) is 49.2 Å². The molecule has 2 N–H and O–H groups in total. The molecule has 0 aliphatic carbocycles. The summed E-state index contributed by atoms with van der Waals surface area (Å²) in [6.45, 7) is 3.91. The summed E-state index contributed by atoms with van der Waals surface area (Å²) in [5, 5.41) is 6.43. The lowest BCUT2D eigenvalue weighted by atomic mass is 10.1. The minimum absolute atomic E-state index is 0.231. The fraction of sp³-hybridized carbons (Fsp3) is 0.150. The van der Waals surface area contributed by atoms with Gasteiger partial charge in [0.05, 0.1) is 24.5 Å². The summed E-state index contributed by atoms with van der Waals surface area (Å²) in [4.78, 5) is 20.8. The van der Waals surface area contributed by atoms with Gasteiger partial charge in [0.1, 0.15) is 17.3 Å². The Hall–Kier alpha value is -3.12. The number of nitrogens with zero attached hydrogens (tertiary/aromatic N) is 2. The molecule has 0 fully saturated rings. The average molecular weight is 383 g/mol. The van der Waals surface area contributed by atoms with Crippen molar-refractivity contribution in [1.29, 1.82) is 0 Å². The Labute approximate surface area is 162 Å². The molecule has 0 aliphatic heterocycles.